The summed E-state index contributed by atoms with van der Waals surface area (Å²) in [7, 11) is 0. The second-order valence-electron chi connectivity index (χ2n) is 4.15. The van der Waals surface area contributed by atoms with Gasteiger partial charge in [0.1, 0.15) is 6.23 Å². The Morgan fingerprint density at radius 1 is 1.29 bits per heavy atom. The highest BCUT2D eigenvalue weighted by atomic mass is 16.3. The van der Waals surface area contributed by atoms with Crippen LogP contribution >= 0.6 is 0 Å². The van der Waals surface area contributed by atoms with Crippen molar-refractivity contribution in [2.45, 2.75) is 38.5 Å². The first-order chi connectivity index (χ1) is 6.65. The van der Waals surface area contributed by atoms with Crippen molar-refractivity contribution in [1.82, 2.24) is 4.90 Å². The first-order valence-corrected chi connectivity index (χ1v) is 5.36. The molecule has 1 rings (SSSR count). The van der Waals surface area contributed by atoms with Gasteiger partial charge < -0.3 is 15.3 Å². The molecule has 4 nitrogen and oxygen atoms in total. The fourth-order valence-corrected chi connectivity index (χ4v) is 1.99. The molecule has 0 aromatic heterocycles. The zero-order chi connectivity index (χ0) is 10.6. The minimum Gasteiger partial charge on any atom is -0.396 e. The fraction of sp³-hybridized carbons (Fsp3) is 1.00. The van der Waals surface area contributed by atoms with Gasteiger partial charge >= 0.3 is 0 Å². The summed E-state index contributed by atoms with van der Waals surface area (Å²) < 4.78 is 0. The molecular formula is C10H21NO3. The van der Waals surface area contributed by atoms with E-state index in [1.807, 2.05) is 4.90 Å². The molecule has 2 atom stereocenters. The Morgan fingerprint density at radius 3 is 2.29 bits per heavy atom. The molecule has 0 spiro atoms. The van der Waals surface area contributed by atoms with Crippen molar-refractivity contribution in [1.29, 1.82) is 0 Å². The lowest BCUT2D eigenvalue weighted by Gasteiger charge is -2.35. The highest BCUT2D eigenvalue weighted by molar-refractivity contribution is 4.75. The van der Waals surface area contributed by atoms with Crippen LogP contribution < -0.4 is 0 Å². The number of nitrogens with zero attached hydrogens (tertiary/aromatic N) is 1. The van der Waals surface area contributed by atoms with E-state index in [1.165, 1.54) is 0 Å². The van der Waals surface area contributed by atoms with E-state index in [0.717, 1.165) is 32.4 Å². The van der Waals surface area contributed by atoms with Crippen molar-refractivity contribution in [2.24, 2.45) is 5.92 Å². The summed E-state index contributed by atoms with van der Waals surface area (Å²) in [6.07, 6.45) is 1.45. The first kappa shape index (κ1) is 11.9. The average molecular weight is 203 g/mol. The molecule has 0 amide bonds. The molecule has 84 valence electrons. The second kappa shape index (κ2) is 5.66. The number of hydrogen-bond acceptors (Lipinski definition) is 4. The molecule has 0 aliphatic carbocycles. The van der Waals surface area contributed by atoms with Gasteiger partial charge in [0, 0.05) is 19.7 Å². The largest absolute Gasteiger partial charge is 0.396 e. The van der Waals surface area contributed by atoms with E-state index < -0.39 is 12.3 Å². The van der Waals surface area contributed by atoms with Crippen LogP contribution in [-0.2, 0) is 0 Å². The number of rotatable bonds is 4. The molecule has 14 heavy (non-hydrogen) atoms. The average Bonchev–Trinajstić information content (AvgIpc) is 2.18. The van der Waals surface area contributed by atoms with Crippen molar-refractivity contribution in [3.05, 3.63) is 0 Å². The molecule has 1 fully saturated rings. The molecule has 1 saturated heterocycles. The minimum atomic E-state index is -0.731. The Balaban J connectivity index is 2.28. The van der Waals surface area contributed by atoms with Crippen molar-refractivity contribution < 1.29 is 15.3 Å². The third kappa shape index (κ3) is 3.20. The molecule has 4 heteroatoms. The maximum Gasteiger partial charge on any atom is 0.133 e. The van der Waals surface area contributed by atoms with Gasteiger partial charge in [-0.2, -0.15) is 0 Å². The van der Waals surface area contributed by atoms with Crippen LogP contribution in [0.15, 0.2) is 0 Å². The number of aliphatic hydroxyl groups excluding tert-OH is 3. The quantitative estimate of drug-likeness (QED) is 0.591. The Morgan fingerprint density at radius 2 is 1.86 bits per heavy atom. The predicted molar refractivity (Wildman–Crippen MR) is 53.7 cm³/mol. The molecular weight excluding hydrogens is 182 g/mol. The van der Waals surface area contributed by atoms with Gasteiger partial charge in [-0.05, 0) is 32.1 Å². The van der Waals surface area contributed by atoms with Crippen molar-refractivity contribution in [3.63, 3.8) is 0 Å². The summed E-state index contributed by atoms with van der Waals surface area (Å²) >= 11 is 0. The first-order valence-electron chi connectivity index (χ1n) is 5.36. The molecule has 0 aromatic rings. The van der Waals surface area contributed by atoms with Crippen LogP contribution in [0.1, 0.15) is 26.2 Å². The summed E-state index contributed by atoms with van der Waals surface area (Å²) in [6.45, 7) is 3.49. The van der Waals surface area contributed by atoms with Crippen LogP contribution in [0, 0.1) is 5.92 Å². The Hall–Kier alpha value is -0.160. The summed E-state index contributed by atoms with van der Waals surface area (Å²) in [5, 5.41) is 27.6. The topological polar surface area (TPSA) is 63.9 Å². The third-order valence-corrected chi connectivity index (χ3v) is 2.99. The van der Waals surface area contributed by atoms with Crippen molar-refractivity contribution >= 4 is 0 Å². The number of likely N-dealkylation sites (tertiary alicyclic amines) is 1. The van der Waals surface area contributed by atoms with Crippen molar-refractivity contribution in [2.75, 3.05) is 19.7 Å². The van der Waals surface area contributed by atoms with Gasteiger partial charge in [0.2, 0.25) is 0 Å². The molecule has 0 saturated carbocycles. The van der Waals surface area contributed by atoms with Gasteiger partial charge in [0.15, 0.2) is 0 Å². The zero-order valence-electron chi connectivity index (χ0n) is 8.76. The third-order valence-electron chi connectivity index (χ3n) is 2.99. The summed E-state index contributed by atoms with van der Waals surface area (Å²) in [4.78, 5) is 1.90. The highest BCUT2D eigenvalue weighted by Crippen LogP contribution is 2.21. The van der Waals surface area contributed by atoms with Gasteiger partial charge in [0.05, 0.1) is 6.10 Å². The van der Waals surface area contributed by atoms with Crippen LogP contribution in [-0.4, -0.2) is 52.2 Å². The Labute approximate surface area is 85.2 Å². The number of hydrogen-bond donors (Lipinski definition) is 3. The zero-order valence-corrected chi connectivity index (χ0v) is 8.76. The number of aliphatic hydroxyl groups is 3. The molecule has 3 N–H and O–H groups in total. The SMILES string of the molecule is C[C@H](O)C(O)N1CCC(CCO)CC1. The van der Waals surface area contributed by atoms with E-state index in [4.69, 9.17) is 5.11 Å². The molecule has 1 aliphatic heterocycles. The minimum absolute atomic E-state index is 0.254. The monoisotopic (exact) mass is 203 g/mol. The van der Waals surface area contributed by atoms with Crippen LogP contribution in [0.4, 0.5) is 0 Å². The molecule has 0 radical (unpaired) electrons. The summed E-state index contributed by atoms with van der Waals surface area (Å²) in [5.41, 5.74) is 0. The lowest BCUT2D eigenvalue weighted by molar-refractivity contribution is -0.0874. The lowest BCUT2D eigenvalue weighted by atomic mass is 9.93. The predicted octanol–water partition coefficient (Wildman–Crippen LogP) is -0.220. The summed E-state index contributed by atoms with van der Waals surface area (Å²) in [5.74, 6) is 0.581. The van der Waals surface area contributed by atoms with E-state index in [-0.39, 0.29) is 6.61 Å². The Kier molecular flexibility index (Phi) is 4.81. The van der Waals surface area contributed by atoms with E-state index in [0.29, 0.717) is 5.92 Å². The van der Waals surface area contributed by atoms with Gasteiger partial charge in [-0.15, -0.1) is 0 Å². The summed E-state index contributed by atoms with van der Waals surface area (Å²) in [6, 6.07) is 0. The van der Waals surface area contributed by atoms with Gasteiger partial charge in [-0.3, -0.25) is 4.90 Å². The van der Waals surface area contributed by atoms with E-state index in [2.05, 4.69) is 0 Å². The van der Waals surface area contributed by atoms with Crippen LogP contribution in [0.3, 0.4) is 0 Å². The van der Waals surface area contributed by atoms with Gasteiger partial charge in [-0.1, -0.05) is 0 Å². The maximum atomic E-state index is 9.59. The maximum absolute atomic E-state index is 9.59. The molecule has 0 aromatic carbocycles. The van der Waals surface area contributed by atoms with E-state index >= 15 is 0 Å². The highest BCUT2D eigenvalue weighted by Gasteiger charge is 2.25. The van der Waals surface area contributed by atoms with E-state index in [9.17, 15) is 10.2 Å². The van der Waals surface area contributed by atoms with Crippen LogP contribution in [0.2, 0.25) is 0 Å². The van der Waals surface area contributed by atoms with Crippen LogP contribution in [0.5, 0.6) is 0 Å². The molecule has 1 heterocycles. The molecule has 1 aliphatic rings. The van der Waals surface area contributed by atoms with E-state index in [1.54, 1.807) is 6.92 Å². The lowest BCUT2D eigenvalue weighted by Crippen LogP contribution is -2.46. The molecule has 0 bridgehead atoms. The fourth-order valence-electron chi connectivity index (χ4n) is 1.99. The molecule has 1 unspecified atom stereocenters. The standard InChI is InChI=1S/C10H21NO3/c1-8(13)10(14)11-5-2-9(3-6-11)4-7-12/h8-10,12-14H,2-7H2,1H3/t8-,10?/m0/s1. The smallest absolute Gasteiger partial charge is 0.133 e. The normalized spacial score (nSPS) is 24.9. The van der Waals surface area contributed by atoms with Gasteiger partial charge in [0.25, 0.3) is 0 Å². The Bertz CT molecular complexity index is 155. The second-order valence-corrected chi connectivity index (χ2v) is 4.15. The van der Waals surface area contributed by atoms with Crippen LogP contribution in [0.25, 0.3) is 0 Å². The van der Waals surface area contributed by atoms with Crippen molar-refractivity contribution in [3.8, 4) is 0 Å². The number of piperidine rings is 1. The van der Waals surface area contributed by atoms with Gasteiger partial charge in [-0.25, -0.2) is 0 Å².